The Hall–Kier alpha value is -1.55. The van der Waals surface area contributed by atoms with Gasteiger partial charge in [-0.25, -0.2) is 0 Å². The zero-order valence-corrected chi connectivity index (χ0v) is 10.8. The van der Waals surface area contributed by atoms with Crippen LogP contribution in [0.1, 0.15) is 31.1 Å². The predicted octanol–water partition coefficient (Wildman–Crippen LogP) is 1.68. The average Bonchev–Trinajstić information content (AvgIpc) is 2.27. The average molecular weight is 236 g/mol. The number of nitrogen functional groups attached to an aromatic ring is 1. The highest BCUT2D eigenvalue weighted by Gasteiger charge is 2.23. The molecular weight excluding hydrogens is 216 g/mol. The fraction of sp³-hybridized carbons (Fsp3) is 0.462. The molecule has 0 fully saturated rings. The van der Waals surface area contributed by atoms with Gasteiger partial charge in [0.25, 0.3) is 0 Å². The van der Waals surface area contributed by atoms with Crippen LogP contribution in [-0.2, 0) is 0 Å². The summed E-state index contributed by atoms with van der Waals surface area (Å²) in [6, 6.07) is 5.32. The summed E-state index contributed by atoms with van der Waals surface area (Å²) in [6.07, 6.45) is 0. The van der Waals surface area contributed by atoms with E-state index in [0.717, 1.165) is 5.69 Å². The lowest BCUT2D eigenvalue weighted by atomic mass is 10.0. The van der Waals surface area contributed by atoms with E-state index in [1.807, 2.05) is 31.9 Å². The molecule has 17 heavy (non-hydrogen) atoms. The molecule has 0 heterocycles. The van der Waals surface area contributed by atoms with Crippen LogP contribution in [-0.4, -0.2) is 30.1 Å². The molecule has 94 valence electrons. The van der Waals surface area contributed by atoms with Crippen molar-refractivity contribution in [3.05, 3.63) is 23.8 Å². The van der Waals surface area contributed by atoms with E-state index in [0.29, 0.717) is 11.3 Å². The summed E-state index contributed by atoms with van der Waals surface area (Å²) in [5, 5.41) is 9.31. The number of Topliss-reactive ketones (excluding diaryl/α,β-unsaturated/α-hetero) is 1. The van der Waals surface area contributed by atoms with Crippen LogP contribution < -0.4 is 10.6 Å². The van der Waals surface area contributed by atoms with Crippen molar-refractivity contribution in [2.45, 2.75) is 26.3 Å². The minimum absolute atomic E-state index is 0.0395. The maximum atomic E-state index is 11.3. The Kier molecular flexibility index (Phi) is 3.78. The van der Waals surface area contributed by atoms with Gasteiger partial charge in [0.15, 0.2) is 5.78 Å². The number of aliphatic hydroxyl groups excluding tert-OH is 1. The highest BCUT2D eigenvalue weighted by atomic mass is 16.3. The molecule has 4 heteroatoms. The van der Waals surface area contributed by atoms with E-state index in [2.05, 4.69) is 0 Å². The minimum Gasteiger partial charge on any atom is -0.398 e. The van der Waals surface area contributed by atoms with Gasteiger partial charge in [-0.15, -0.1) is 0 Å². The first-order chi connectivity index (χ1) is 7.79. The fourth-order valence-corrected chi connectivity index (χ4v) is 1.53. The maximum absolute atomic E-state index is 11.3. The molecule has 0 amide bonds. The number of nitrogens with zero attached hydrogens (tertiary/aromatic N) is 1. The molecule has 0 spiro atoms. The Morgan fingerprint density at radius 2 is 2.06 bits per heavy atom. The van der Waals surface area contributed by atoms with Crippen molar-refractivity contribution in [2.75, 3.05) is 24.3 Å². The molecule has 3 N–H and O–H groups in total. The van der Waals surface area contributed by atoms with Crippen LogP contribution >= 0.6 is 0 Å². The van der Waals surface area contributed by atoms with Crippen molar-refractivity contribution in [1.82, 2.24) is 0 Å². The summed E-state index contributed by atoms with van der Waals surface area (Å²) in [7, 11) is 1.89. The van der Waals surface area contributed by atoms with E-state index in [4.69, 9.17) is 5.73 Å². The molecule has 0 unspecified atom stereocenters. The molecule has 0 saturated carbocycles. The molecule has 1 rings (SSSR count). The van der Waals surface area contributed by atoms with Crippen LogP contribution in [0.2, 0.25) is 0 Å². The zero-order valence-electron chi connectivity index (χ0n) is 10.8. The number of hydrogen-bond acceptors (Lipinski definition) is 4. The molecule has 0 aliphatic carbocycles. The van der Waals surface area contributed by atoms with Crippen molar-refractivity contribution in [3.8, 4) is 0 Å². The van der Waals surface area contributed by atoms with E-state index in [9.17, 15) is 9.90 Å². The predicted molar refractivity (Wildman–Crippen MR) is 70.4 cm³/mol. The van der Waals surface area contributed by atoms with Gasteiger partial charge in [0.05, 0.1) is 12.1 Å². The van der Waals surface area contributed by atoms with E-state index < -0.39 is 0 Å². The van der Waals surface area contributed by atoms with Crippen LogP contribution in [0.15, 0.2) is 18.2 Å². The summed E-state index contributed by atoms with van der Waals surface area (Å²) >= 11 is 0. The highest BCUT2D eigenvalue weighted by Crippen LogP contribution is 2.26. The van der Waals surface area contributed by atoms with Crippen LogP contribution in [0.5, 0.6) is 0 Å². The molecule has 0 atom stereocenters. The van der Waals surface area contributed by atoms with Crippen molar-refractivity contribution >= 4 is 17.2 Å². The standard InChI is InChI=1S/C13H20N2O2/c1-9(17)11-6-5-10(7-12(11)14)15(4)13(2,3)8-16/h5-7,16H,8,14H2,1-4H3. The number of rotatable bonds is 4. The molecule has 0 bridgehead atoms. The Morgan fingerprint density at radius 3 is 2.47 bits per heavy atom. The summed E-state index contributed by atoms with van der Waals surface area (Å²) in [4.78, 5) is 13.2. The number of nitrogens with two attached hydrogens (primary N) is 1. The Labute approximate surface area is 102 Å². The topological polar surface area (TPSA) is 66.6 Å². The summed E-state index contributed by atoms with van der Waals surface area (Å²) in [6.45, 7) is 5.40. The van der Waals surface area contributed by atoms with Crippen LogP contribution in [0.4, 0.5) is 11.4 Å². The van der Waals surface area contributed by atoms with Gasteiger partial charge in [-0.1, -0.05) is 0 Å². The van der Waals surface area contributed by atoms with Gasteiger partial charge in [0.2, 0.25) is 0 Å². The molecule has 4 nitrogen and oxygen atoms in total. The number of benzene rings is 1. The summed E-state index contributed by atoms with van der Waals surface area (Å²) in [5.41, 5.74) is 7.34. The van der Waals surface area contributed by atoms with Crippen molar-refractivity contribution in [2.24, 2.45) is 0 Å². The Morgan fingerprint density at radius 1 is 1.47 bits per heavy atom. The normalized spacial score (nSPS) is 11.4. The lowest BCUT2D eigenvalue weighted by Crippen LogP contribution is -2.44. The Balaban J connectivity index is 3.10. The number of likely N-dealkylation sites (N-methyl/N-ethyl adjacent to an activating group) is 1. The molecule has 1 aromatic carbocycles. The van der Waals surface area contributed by atoms with Crippen LogP contribution in [0.25, 0.3) is 0 Å². The lowest BCUT2D eigenvalue weighted by Gasteiger charge is -2.36. The van der Waals surface area contributed by atoms with Gasteiger partial charge < -0.3 is 15.7 Å². The van der Waals surface area contributed by atoms with E-state index >= 15 is 0 Å². The SMILES string of the molecule is CC(=O)c1ccc(N(C)C(C)(C)CO)cc1N. The third-order valence-electron chi connectivity index (χ3n) is 3.10. The van der Waals surface area contributed by atoms with E-state index in [1.165, 1.54) is 6.92 Å². The summed E-state index contributed by atoms with van der Waals surface area (Å²) in [5.74, 6) is -0.0434. The monoisotopic (exact) mass is 236 g/mol. The quantitative estimate of drug-likeness (QED) is 0.616. The molecule has 0 aliphatic rings. The largest absolute Gasteiger partial charge is 0.398 e. The van der Waals surface area contributed by atoms with Gasteiger partial charge in [0, 0.05) is 24.0 Å². The third-order valence-corrected chi connectivity index (χ3v) is 3.10. The molecule has 0 aliphatic heterocycles. The van der Waals surface area contributed by atoms with E-state index in [-0.39, 0.29) is 17.9 Å². The van der Waals surface area contributed by atoms with Crippen molar-refractivity contribution in [3.63, 3.8) is 0 Å². The Bertz CT molecular complexity index is 427. The van der Waals surface area contributed by atoms with Gasteiger partial charge in [-0.05, 0) is 39.0 Å². The number of carbonyl (C=O) groups is 1. The maximum Gasteiger partial charge on any atom is 0.161 e. The second-order valence-corrected chi connectivity index (χ2v) is 4.86. The first kappa shape index (κ1) is 13.5. The number of ketones is 1. The minimum atomic E-state index is -0.371. The van der Waals surface area contributed by atoms with E-state index in [1.54, 1.807) is 12.1 Å². The number of carbonyl (C=O) groups excluding carboxylic acids is 1. The molecular formula is C13H20N2O2. The number of aliphatic hydroxyl groups is 1. The van der Waals surface area contributed by atoms with Crippen LogP contribution in [0.3, 0.4) is 0 Å². The van der Waals surface area contributed by atoms with Crippen molar-refractivity contribution < 1.29 is 9.90 Å². The zero-order chi connectivity index (χ0) is 13.2. The summed E-state index contributed by atoms with van der Waals surface area (Å²) < 4.78 is 0. The van der Waals surface area contributed by atoms with Gasteiger partial charge >= 0.3 is 0 Å². The van der Waals surface area contributed by atoms with Gasteiger partial charge in [0.1, 0.15) is 0 Å². The second kappa shape index (κ2) is 4.75. The highest BCUT2D eigenvalue weighted by molar-refractivity contribution is 5.99. The molecule has 0 radical (unpaired) electrons. The number of anilines is 2. The molecule has 0 saturated heterocycles. The van der Waals surface area contributed by atoms with Crippen molar-refractivity contribution in [1.29, 1.82) is 0 Å². The van der Waals surface area contributed by atoms with Gasteiger partial charge in [-0.3, -0.25) is 4.79 Å². The van der Waals surface area contributed by atoms with Gasteiger partial charge in [-0.2, -0.15) is 0 Å². The first-order valence-electron chi connectivity index (χ1n) is 5.55. The smallest absolute Gasteiger partial charge is 0.161 e. The lowest BCUT2D eigenvalue weighted by molar-refractivity contribution is 0.101. The molecule has 0 aromatic heterocycles. The molecule has 1 aromatic rings. The number of hydrogen-bond donors (Lipinski definition) is 2. The second-order valence-electron chi connectivity index (χ2n) is 4.86. The van der Waals surface area contributed by atoms with Crippen LogP contribution in [0, 0.1) is 0 Å². The first-order valence-corrected chi connectivity index (χ1v) is 5.55. The third kappa shape index (κ3) is 2.77. The fourth-order valence-electron chi connectivity index (χ4n) is 1.53.